The average molecular weight is 194 g/mol. The molecular weight excluding hydrogens is 176 g/mol. The molecule has 3 nitrogen and oxygen atoms in total. The topological polar surface area (TPSA) is 45.8 Å². The number of hydrogen-bond acceptors (Lipinski definition) is 2. The summed E-state index contributed by atoms with van der Waals surface area (Å²) in [5.41, 5.74) is 1.05. The van der Waals surface area contributed by atoms with Crippen LogP contribution in [0.4, 0.5) is 0 Å². The lowest BCUT2D eigenvalue weighted by Gasteiger charge is -2.14. The molecule has 0 saturated heterocycles. The largest absolute Gasteiger partial charge is 0.348 e. The zero-order valence-electron chi connectivity index (χ0n) is 9.08. The number of imidazole rings is 1. The summed E-state index contributed by atoms with van der Waals surface area (Å²) in [5.74, 6) is 0.612. The Labute approximate surface area is 84.9 Å². The molecular formula is C11H18N2O. The number of ketones is 1. The van der Waals surface area contributed by atoms with Gasteiger partial charge in [-0.1, -0.05) is 20.8 Å². The molecule has 1 unspecified atom stereocenters. The van der Waals surface area contributed by atoms with Crippen LogP contribution in [0.3, 0.4) is 0 Å². The van der Waals surface area contributed by atoms with Crippen LogP contribution in [0.15, 0.2) is 12.5 Å². The van der Waals surface area contributed by atoms with Crippen molar-refractivity contribution in [3.8, 4) is 0 Å². The Balaban J connectivity index is 2.60. The van der Waals surface area contributed by atoms with Crippen molar-refractivity contribution >= 4 is 5.78 Å². The van der Waals surface area contributed by atoms with E-state index >= 15 is 0 Å². The first kappa shape index (κ1) is 11.0. The maximum atomic E-state index is 11.8. The second kappa shape index (κ2) is 4.94. The van der Waals surface area contributed by atoms with E-state index in [2.05, 4.69) is 16.9 Å². The zero-order valence-corrected chi connectivity index (χ0v) is 9.08. The molecule has 0 bridgehead atoms. The van der Waals surface area contributed by atoms with Gasteiger partial charge in [0.15, 0.2) is 0 Å². The van der Waals surface area contributed by atoms with E-state index in [1.165, 1.54) is 0 Å². The van der Waals surface area contributed by atoms with Crippen molar-refractivity contribution in [2.24, 2.45) is 11.8 Å². The number of nitrogens with one attached hydrogen (secondary N) is 1. The van der Waals surface area contributed by atoms with Crippen LogP contribution >= 0.6 is 0 Å². The second-order valence-corrected chi connectivity index (χ2v) is 3.94. The first-order valence-corrected chi connectivity index (χ1v) is 5.16. The van der Waals surface area contributed by atoms with Gasteiger partial charge in [-0.05, 0) is 12.8 Å². The van der Waals surface area contributed by atoms with Crippen molar-refractivity contribution in [1.29, 1.82) is 0 Å². The van der Waals surface area contributed by atoms with Crippen molar-refractivity contribution in [1.82, 2.24) is 9.97 Å². The molecule has 1 rings (SSSR count). The molecule has 0 fully saturated rings. The molecule has 0 aliphatic heterocycles. The summed E-state index contributed by atoms with van der Waals surface area (Å²) in [7, 11) is 0. The number of nitrogens with zero attached hydrogens (tertiary/aromatic N) is 1. The molecule has 14 heavy (non-hydrogen) atoms. The molecule has 0 aliphatic carbocycles. The summed E-state index contributed by atoms with van der Waals surface area (Å²) in [6.45, 7) is 5.97. The zero-order chi connectivity index (χ0) is 10.6. The molecule has 1 N–H and O–H groups in total. The van der Waals surface area contributed by atoms with Crippen molar-refractivity contribution in [3.05, 3.63) is 18.2 Å². The van der Waals surface area contributed by atoms with Crippen LogP contribution in [-0.2, 0) is 11.2 Å². The molecule has 3 heteroatoms. The lowest BCUT2D eigenvalue weighted by Crippen LogP contribution is -2.21. The molecule has 0 radical (unpaired) electrons. The average Bonchev–Trinajstić information content (AvgIpc) is 2.65. The first-order valence-electron chi connectivity index (χ1n) is 5.16. The quantitative estimate of drug-likeness (QED) is 0.781. The van der Waals surface area contributed by atoms with Crippen LogP contribution in [0, 0.1) is 11.8 Å². The Hall–Kier alpha value is -1.12. The molecule has 1 heterocycles. The van der Waals surface area contributed by atoms with Crippen LogP contribution in [-0.4, -0.2) is 15.8 Å². The van der Waals surface area contributed by atoms with Crippen molar-refractivity contribution in [2.75, 3.05) is 0 Å². The lowest BCUT2D eigenvalue weighted by molar-refractivity contribution is -0.125. The highest BCUT2D eigenvalue weighted by atomic mass is 16.1. The van der Waals surface area contributed by atoms with Gasteiger partial charge in [-0.15, -0.1) is 0 Å². The number of rotatable bonds is 5. The van der Waals surface area contributed by atoms with Crippen molar-refractivity contribution in [3.63, 3.8) is 0 Å². The normalized spacial score (nSPS) is 13.1. The Morgan fingerprint density at radius 3 is 2.71 bits per heavy atom. The maximum absolute atomic E-state index is 11.8. The van der Waals surface area contributed by atoms with Gasteiger partial charge in [0.05, 0.1) is 6.33 Å². The smallest absolute Gasteiger partial charge is 0.138 e. The lowest BCUT2D eigenvalue weighted by atomic mass is 9.89. The van der Waals surface area contributed by atoms with Gasteiger partial charge in [0.2, 0.25) is 0 Å². The Bertz CT molecular complexity index is 277. The highest BCUT2D eigenvalue weighted by molar-refractivity contribution is 5.82. The van der Waals surface area contributed by atoms with E-state index in [-0.39, 0.29) is 11.8 Å². The molecule has 0 amide bonds. The molecule has 0 aliphatic rings. The van der Waals surface area contributed by atoms with E-state index in [0.717, 1.165) is 18.5 Å². The second-order valence-electron chi connectivity index (χ2n) is 3.94. The standard InChI is InChI=1S/C11H18N2O/c1-4-9(11(14)8(2)3)5-10-6-12-7-13-10/h6-9H,4-5H2,1-3H3,(H,12,13). The number of hydrogen-bond donors (Lipinski definition) is 1. The molecule has 0 aromatic carbocycles. The van der Waals surface area contributed by atoms with Gasteiger partial charge in [-0.25, -0.2) is 4.98 Å². The van der Waals surface area contributed by atoms with E-state index in [1.54, 1.807) is 12.5 Å². The Morgan fingerprint density at radius 2 is 2.29 bits per heavy atom. The van der Waals surface area contributed by atoms with Crippen LogP contribution in [0.5, 0.6) is 0 Å². The van der Waals surface area contributed by atoms with Crippen molar-refractivity contribution in [2.45, 2.75) is 33.6 Å². The SMILES string of the molecule is CCC(Cc1cnc[nH]1)C(=O)C(C)C. The van der Waals surface area contributed by atoms with Crippen LogP contribution in [0.2, 0.25) is 0 Å². The van der Waals surface area contributed by atoms with Gasteiger partial charge in [-0.2, -0.15) is 0 Å². The third kappa shape index (κ3) is 2.69. The van der Waals surface area contributed by atoms with Gasteiger partial charge >= 0.3 is 0 Å². The Morgan fingerprint density at radius 1 is 1.57 bits per heavy atom. The highest BCUT2D eigenvalue weighted by Gasteiger charge is 2.19. The summed E-state index contributed by atoms with van der Waals surface area (Å²) in [6, 6.07) is 0. The van der Waals surface area contributed by atoms with E-state index in [4.69, 9.17) is 0 Å². The fourth-order valence-corrected chi connectivity index (χ4v) is 1.58. The minimum atomic E-state index is 0.128. The molecule has 0 saturated carbocycles. The number of aromatic amines is 1. The van der Waals surface area contributed by atoms with Gasteiger partial charge in [0.25, 0.3) is 0 Å². The van der Waals surface area contributed by atoms with Crippen LogP contribution in [0.1, 0.15) is 32.9 Å². The first-order chi connectivity index (χ1) is 6.65. The summed E-state index contributed by atoms with van der Waals surface area (Å²) in [5, 5.41) is 0. The van der Waals surface area contributed by atoms with Gasteiger partial charge in [0, 0.05) is 23.7 Å². The fraction of sp³-hybridized carbons (Fsp3) is 0.636. The monoisotopic (exact) mass is 194 g/mol. The van der Waals surface area contributed by atoms with E-state index in [9.17, 15) is 4.79 Å². The summed E-state index contributed by atoms with van der Waals surface area (Å²) in [4.78, 5) is 18.7. The Kier molecular flexibility index (Phi) is 3.86. The predicted molar refractivity (Wildman–Crippen MR) is 55.9 cm³/mol. The molecule has 1 aromatic heterocycles. The minimum Gasteiger partial charge on any atom is -0.348 e. The summed E-state index contributed by atoms with van der Waals surface area (Å²) in [6.07, 6.45) is 5.13. The van der Waals surface area contributed by atoms with Gasteiger partial charge in [-0.3, -0.25) is 4.79 Å². The van der Waals surface area contributed by atoms with E-state index in [0.29, 0.717) is 5.78 Å². The number of carbonyl (C=O) groups is 1. The van der Waals surface area contributed by atoms with Crippen molar-refractivity contribution < 1.29 is 4.79 Å². The summed E-state index contributed by atoms with van der Waals surface area (Å²) < 4.78 is 0. The number of Topliss-reactive ketones (excluding diaryl/α,β-unsaturated/α-hetero) is 1. The minimum absolute atomic E-state index is 0.128. The number of H-pyrrole nitrogens is 1. The molecule has 1 atom stereocenters. The third-order valence-electron chi connectivity index (χ3n) is 2.49. The van der Waals surface area contributed by atoms with Gasteiger partial charge < -0.3 is 4.98 Å². The predicted octanol–water partition coefficient (Wildman–Crippen LogP) is 2.20. The number of carbonyl (C=O) groups excluding carboxylic acids is 1. The van der Waals surface area contributed by atoms with Crippen LogP contribution in [0.25, 0.3) is 0 Å². The highest BCUT2D eigenvalue weighted by Crippen LogP contribution is 2.15. The molecule has 78 valence electrons. The summed E-state index contributed by atoms with van der Waals surface area (Å²) >= 11 is 0. The molecule has 0 spiro atoms. The van der Waals surface area contributed by atoms with Crippen LogP contribution < -0.4 is 0 Å². The maximum Gasteiger partial charge on any atom is 0.138 e. The van der Waals surface area contributed by atoms with E-state index in [1.807, 2.05) is 13.8 Å². The molecule has 1 aromatic rings. The van der Waals surface area contributed by atoms with E-state index < -0.39 is 0 Å². The number of aromatic nitrogens is 2. The van der Waals surface area contributed by atoms with Gasteiger partial charge in [0.1, 0.15) is 5.78 Å². The fourth-order valence-electron chi connectivity index (χ4n) is 1.58. The third-order valence-corrected chi connectivity index (χ3v) is 2.49.